The highest BCUT2D eigenvalue weighted by Crippen LogP contribution is 2.36. The summed E-state index contributed by atoms with van der Waals surface area (Å²) in [6.07, 6.45) is -6.15. The molecular formula is C25H25BrF7N5O6. The molecule has 4 rings (SSSR count). The number of halogens is 8. The zero-order valence-electron chi connectivity index (χ0n) is 22.4. The van der Waals surface area contributed by atoms with Crippen LogP contribution in [-0.4, -0.2) is 94.6 Å². The van der Waals surface area contributed by atoms with Crippen LogP contribution in [0.3, 0.4) is 0 Å². The Morgan fingerprint density at radius 2 is 1.50 bits per heavy atom. The second kappa shape index (κ2) is 15.1. The van der Waals surface area contributed by atoms with Crippen molar-refractivity contribution in [1.82, 2.24) is 20.5 Å². The molecule has 0 unspecified atom stereocenters. The molecular weight excluding hydrogens is 679 g/mol. The predicted molar refractivity (Wildman–Crippen MR) is 142 cm³/mol. The third-order valence-electron chi connectivity index (χ3n) is 6.33. The second-order valence-corrected chi connectivity index (χ2v) is 10.1. The van der Waals surface area contributed by atoms with Crippen LogP contribution in [0.25, 0.3) is 0 Å². The topological polar surface area (TPSA) is 152 Å². The first-order chi connectivity index (χ1) is 20.4. The van der Waals surface area contributed by atoms with Crippen LogP contribution in [0.15, 0.2) is 47.2 Å². The number of hydrogen-bond donors (Lipinski definition) is 4. The molecule has 1 aromatic carbocycles. The van der Waals surface area contributed by atoms with E-state index in [0.717, 1.165) is 23.8 Å². The van der Waals surface area contributed by atoms with Gasteiger partial charge in [-0.3, -0.25) is 14.6 Å². The van der Waals surface area contributed by atoms with Crippen LogP contribution < -0.4 is 15.5 Å². The Balaban J connectivity index is 0.000000402. The van der Waals surface area contributed by atoms with E-state index in [4.69, 9.17) is 19.8 Å². The number of carbonyl (C=O) groups excluding carboxylic acids is 2. The van der Waals surface area contributed by atoms with E-state index in [-0.39, 0.29) is 11.8 Å². The van der Waals surface area contributed by atoms with Crippen molar-refractivity contribution >= 4 is 45.4 Å². The van der Waals surface area contributed by atoms with Gasteiger partial charge in [-0.05, 0) is 37.1 Å². The van der Waals surface area contributed by atoms with Crippen LogP contribution in [0.4, 0.5) is 36.4 Å². The van der Waals surface area contributed by atoms with Gasteiger partial charge in [-0.1, -0.05) is 15.9 Å². The van der Waals surface area contributed by atoms with Gasteiger partial charge in [0.15, 0.2) is 0 Å². The number of carboxylic acids is 2. The molecule has 4 N–H and O–H groups in total. The van der Waals surface area contributed by atoms with E-state index in [1.807, 2.05) is 17.0 Å². The van der Waals surface area contributed by atoms with Crippen LogP contribution >= 0.6 is 15.9 Å². The summed E-state index contributed by atoms with van der Waals surface area (Å²) < 4.78 is 78.0. The molecule has 0 atom stereocenters. The van der Waals surface area contributed by atoms with E-state index in [1.165, 1.54) is 6.07 Å². The highest BCUT2D eigenvalue weighted by molar-refractivity contribution is 9.10. The van der Waals surface area contributed by atoms with Crippen LogP contribution in [0.2, 0.25) is 0 Å². The summed E-state index contributed by atoms with van der Waals surface area (Å²) in [6, 6.07) is 8.65. The molecule has 0 radical (unpaired) electrons. The monoisotopic (exact) mass is 703 g/mol. The van der Waals surface area contributed by atoms with Gasteiger partial charge >= 0.3 is 24.3 Å². The number of hydrogen-bond acceptors (Lipinski definition) is 7. The molecule has 2 aromatic rings. The van der Waals surface area contributed by atoms with Crippen molar-refractivity contribution in [1.29, 1.82) is 0 Å². The Kier molecular flexibility index (Phi) is 12.4. The van der Waals surface area contributed by atoms with Crippen molar-refractivity contribution in [2.45, 2.75) is 30.7 Å². The van der Waals surface area contributed by atoms with E-state index in [1.54, 1.807) is 18.3 Å². The fourth-order valence-corrected chi connectivity index (χ4v) is 4.41. The highest BCUT2D eigenvalue weighted by atomic mass is 79.9. The lowest BCUT2D eigenvalue weighted by Crippen LogP contribution is -2.57. The zero-order chi connectivity index (χ0) is 33.3. The Morgan fingerprint density at radius 1 is 0.977 bits per heavy atom. The van der Waals surface area contributed by atoms with E-state index in [0.29, 0.717) is 43.9 Å². The molecule has 3 heterocycles. The Hall–Kier alpha value is -4.00. The van der Waals surface area contributed by atoms with Gasteiger partial charge < -0.3 is 30.6 Å². The molecule has 0 saturated carbocycles. The average molecular weight is 704 g/mol. The van der Waals surface area contributed by atoms with Gasteiger partial charge in [0, 0.05) is 42.3 Å². The maximum absolute atomic E-state index is 13.6. The van der Waals surface area contributed by atoms with Crippen molar-refractivity contribution in [3.8, 4) is 0 Å². The van der Waals surface area contributed by atoms with Gasteiger partial charge in [-0.2, -0.15) is 26.3 Å². The molecule has 19 heteroatoms. The van der Waals surface area contributed by atoms with Crippen LogP contribution in [0.1, 0.15) is 23.2 Å². The first-order valence-electron chi connectivity index (χ1n) is 12.4. The van der Waals surface area contributed by atoms with Crippen molar-refractivity contribution < 1.29 is 60.1 Å². The third-order valence-corrected chi connectivity index (χ3v) is 6.86. The second-order valence-electron chi connectivity index (χ2n) is 9.20. The minimum absolute atomic E-state index is 0.0186. The van der Waals surface area contributed by atoms with Crippen molar-refractivity contribution in [2.24, 2.45) is 0 Å². The number of pyridine rings is 1. The predicted octanol–water partition coefficient (Wildman–Crippen LogP) is 3.41. The quantitative estimate of drug-likeness (QED) is 0.344. The van der Waals surface area contributed by atoms with Gasteiger partial charge in [0.25, 0.3) is 5.91 Å². The Morgan fingerprint density at radius 3 is 1.98 bits per heavy atom. The normalized spacial score (nSPS) is 16.2. The summed E-state index contributed by atoms with van der Waals surface area (Å²) in [7, 11) is 0. The first-order valence-corrected chi connectivity index (χ1v) is 13.2. The number of benzene rings is 1. The van der Waals surface area contributed by atoms with Gasteiger partial charge in [-0.15, -0.1) is 0 Å². The number of alkyl halides is 6. The SMILES string of the molecule is O=C(NCCN1CCC2(CC1)C(=O)NCN2c1cncc(F)c1)c1ccc(Br)cc1.O=C(O)C(F)(F)F.O=C(O)C(F)(F)F. The summed E-state index contributed by atoms with van der Waals surface area (Å²) in [6.45, 7) is 3.04. The van der Waals surface area contributed by atoms with Crippen LogP contribution in [0, 0.1) is 5.82 Å². The largest absolute Gasteiger partial charge is 0.490 e. The molecule has 11 nitrogen and oxygen atoms in total. The summed E-state index contributed by atoms with van der Waals surface area (Å²) in [5, 5.41) is 20.1. The Bertz CT molecular complexity index is 1300. The number of nitrogens with zero attached hydrogens (tertiary/aromatic N) is 3. The zero-order valence-corrected chi connectivity index (χ0v) is 24.0. The third kappa shape index (κ3) is 10.3. The number of aliphatic carboxylic acids is 2. The molecule has 2 aliphatic rings. The van der Waals surface area contributed by atoms with E-state index in [2.05, 4.69) is 36.4 Å². The number of anilines is 1. The van der Waals surface area contributed by atoms with Crippen LogP contribution in [-0.2, 0) is 14.4 Å². The summed E-state index contributed by atoms with van der Waals surface area (Å²) >= 11 is 3.36. The molecule has 44 heavy (non-hydrogen) atoms. The number of amides is 2. The highest BCUT2D eigenvalue weighted by Gasteiger charge is 2.50. The molecule has 1 aromatic heterocycles. The smallest absolute Gasteiger partial charge is 0.475 e. The van der Waals surface area contributed by atoms with Gasteiger partial charge in [-0.25, -0.2) is 14.0 Å². The fraction of sp³-hybridized carbons (Fsp3) is 0.400. The van der Waals surface area contributed by atoms with Crippen LogP contribution in [0.5, 0.6) is 0 Å². The number of piperidine rings is 1. The van der Waals surface area contributed by atoms with Gasteiger partial charge in [0.05, 0.1) is 24.7 Å². The molecule has 1 spiro atoms. The van der Waals surface area contributed by atoms with E-state index >= 15 is 0 Å². The standard InChI is InChI=1S/C21H23BrFN5O2.2C2HF3O2/c22-16-3-1-15(2-4-16)19(29)25-7-10-27-8-5-21(6-9-27)20(30)26-14-28(21)18-11-17(23)12-24-13-18;2*3-2(4,5)1(6)7/h1-4,11-13H,5-10,14H2,(H,25,29)(H,26,30);2*(H,6,7). The fourth-order valence-electron chi connectivity index (χ4n) is 4.15. The van der Waals surface area contributed by atoms with E-state index < -0.39 is 35.6 Å². The minimum atomic E-state index is -5.08. The number of rotatable bonds is 5. The maximum Gasteiger partial charge on any atom is 0.490 e. The molecule has 2 aliphatic heterocycles. The van der Waals surface area contributed by atoms with Crippen molar-refractivity contribution in [3.63, 3.8) is 0 Å². The Labute approximate surface area is 253 Å². The molecule has 0 aliphatic carbocycles. The summed E-state index contributed by atoms with van der Waals surface area (Å²) in [5.41, 5.74) is 0.563. The summed E-state index contributed by atoms with van der Waals surface area (Å²) in [5.74, 6) is -6.05. The van der Waals surface area contributed by atoms with Gasteiger partial charge in [0.1, 0.15) is 11.4 Å². The molecule has 0 bridgehead atoms. The van der Waals surface area contributed by atoms with Crippen molar-refractivity contribution in [3.05, 3.63) is 58.6 Å². The minimum Gasteiger partial charge on any atom is -0.475 e. The lowest BCUT2D eigenvalue weighted by atomic mass is 9.85. The number of likely N-dealkylation sites (tertiary alicyclic amines) is 1. The van der Waals surface area contributed by atoms with Crippen molar-refractivity contribution in [2.75, 3.05) is 37.7 Å². The molecule has 2 fully saturated rings. The molecule has 2 saturated heterocycles. The summed E-state index contributed by atoms with van der Waals surface area (Å²) in [4.78, 5) is 50.8. The molecule has 2 amide bonds. The lowest BCUT2D eigenvalue weighted by Gasteiger charge is -2.43. The average Bonchev–Trinajstić information content (AvgIpc) is 3.24. The lowest BCUT2D eigenvalue weighted by molar-refractivity contribution is -0.193. The molecule has 242 valence electrons. The first kappa shape index (κ1) is 36.2. The number of nitrogens with one attached hydrogen (secondary N) is 2. The number of aromatic nitrogens is 1. The van der Waals surface area contributed by atoms with Gasteiger partial charge in [0.2, 0.25) is 5.91 Å². The van der Waals surface area contributed by atoms with E-state index in [9.17, 15) is 40.3 Å². The number of carbonyl (C=O) groups is 4. The maximum atomic E-state index is 13.6. The number of carboxylic acid groups (broad SMARTS) is 2.